The van der Waals surface area contributed by atoms with Gasteiger partial charge in [-0.25, -0.2) is 0 Å². The predicted molar refractivity (Wildman–Crippen MR) is 70.0 cm³/mol. The summed E-state index contributed by atoms with van der Waals surface area (Å²) in [6.07, 6.45) is 0. The van der Waals surface area contributed by atoms with Crippen LogP contribution in [0.1, 0.15) is 20.8 Å². The number of aromatic nitrogens is 2. The maximum absolute atomic E-state index is 9.16. The van der Waals surface area contributed by atoms with Crippen LogP contribution in [0.5, 0.6) is 0 Å². The summed E-state index contributed by atoms with van der Waals surface area (Å²) >= 11 is 0. The van der Waals surface area contributed by atoms with Crippen molar-refractivity contribution in [3.05, 3.63) is 6.07 Å². The molecule has 1 aromatic heterocycles. The second-order valence-electron chi connectivity index (χ2n) is 4.70. The summed E-state index contributed by atoms with van der Waals surface area (Å²) < 4.78 is 0. The third-order valence-electron chi connectivity index (χ3n) is 2.28. The van der Waals surface area contributed by atoms with Crippen LogP contribution in [0.15, 0.2) is 6.07 Å². The summed E-state index contributed by atoms with van der Waals surface area (Å²) in [5, 5.41) is 15.4. The molecule has 0 atom stereocenters. The first-order valence-corrected chi connectivity index (χ1v) is 5.70. The highest BCUT2D eigenvalue weighted by molar-refractivity contribution is 5.50. The molecule has 1 rings (SSSR count). The largest absolute Gasteiger partial charge is 0.396 e. The lowest BCUT2D eigenvalue weighted by molar-refractivity contribution is 0.170. The summed E-state index contributed by atoms with van der Waals surface area (Å²) in [6.45, 7) is 7.43. The molecule has 0 bridgehead atoms. The van der Waals surface area contributed by atoms with Crippen LogP contribution in [0.3, 0.4) is 0 Å². The number of nitrogens with zero attached hydrogens (tertiary/aromatic N) is 2. The lowest BCUT2D eigenvalue weighted by Crippen LogP contribution is -2.27. The second-order valence-corrected chi connectivity index (χ2v) is 4.70. The van der Waals surface area contributed by atoms with Gasteiger partial charge in [0.15, 0.2) is 0 Å². The van der Waals surface area contributed by atoms with Crippen molar-refractivity contribution >= 4 is 17.6 Å². The number of nitrogens with two attached hydrogens (primary N) is 1. The van der Waals surface area contributed by atoms with Crippen LogP contribution >= 0.6 is 0 Å². The van der Waals surface area contributed by atoms with E-state index in [1.54, 1.807) is 6.07 Å². The third kappa shape index (κ3) is 4.44. The molecule has 0 aliphatic heterocycles. The van der Waals surface area contributed by atoms with Crippen LogP contribution in [0.4, 0.5) is 17.6 Å². The number of aliphatic hydroxyl groups excluding tert-OH is 1. The van der Waals surface area contributed by atoms with Gasteiger partial charge in [-0.3, -0.25) is 0 Å². The summed E-state index contributed by atoms with van der Waals surface area (Å²) in [5.41, 5.74) is 5.41. The predicted octanol–water partition coefficient (Wildman–Crippen LogP) is 0.921. The number of nitrogens with one attached hydrogen (secondary N) is 2. The van der Waals surface area contributed by atoms with Gasteiger partial charge in [0.1, 0.15) is 11.6 Å². The van der Waals surface area contributed by atoms with Crippen molar-refractivity contribution in [1.29, 1.82) is 0 Å². The van der Waals surface area contributed by atoms with Crippen LogP contribution in [0.25, 0.3) is 0 Å². The zero-order valence-corrected chi connectivity index (χ0v) is 10.6. The first-order valence-electron chi connectivity index (χ1n) is 5.70. The number of anilines is 3. The molecule has 0 fully saturated rings. The maximum atomic E-state index is 9.16. The Balaban J connectivity index is 2.70. The van der Waals surface area contributed by atoms with E-state index in [-0.39, 0.29) is 18.0 Å². The minimum atomic E-state index is -0.196. The van der Waals surface area contributed by atoms with Crippen molar-refractivity contribution in [3.63, 3.8) is 0 Å². The normalized spacial score (nSPS) is 11.3. The molecule has 1 heterocycles. The lowest BCUT2D eigenvalue weighted by Gasteiger charge is -2.22. The molecule has 0 unspecified atom stereocenters. The zero-order valence-electron chi connectivity index (χ0n) is 10.6. The molecule has 1 aromatic rings. The molecule has 0 aliphatic rings. The van der Waals surface area contributed by atoms with E-state index in [0.717, 1.165) is 6.54 Å². The summed E-state index contributed by atoms with van der Waals surface area (Å²) in [5.74, 6) is 1.59. The van der Waals surface area contributed by atoms with E-state index in [9.17, 15) is 0 Å². The second kappa shape index (κ2) is 5.67. The number of hydrogen-bond acceptors (Lipinski definition) is 6. The third-order valence-corrected chi connectivity index (χ3v) is 2.28. The molecule has 0 radical (unpaired) electrons. The van der Waals surface area contributed by atoms with Gasteiger partial charge in [0.25, 0.3) is 0 Å². The maximum Gasteiger partial charge on any atom is 0.223 e. The number of aliphatic hydroxyl groups is 1. The van der Waals surface area contributed by atoms with E-state index in [2.05, 4.69) is 20.6 Å². The van der Waals surface area contributed by atoms with E-state index in [1.807, 2.05) is 20.8 Å². The van der Waals surface area contributed by atoms with Crippen molar-refractivity contribution in [1.82, 2.24) is 9.97 Å². The van der Waals surface area contributed by atoms with Crippen molar-refractivity contribution in [2.75, 3.05) is 36.1 Å². The van der Waals surface area contributed by atoms with Gasteiger partial charge in [0, 0.05) is 31.2 Å². The highest BCUT2D eigenvalue weighted by Gasteiger charge is 2.16. The van der Waals surface area contributed by atoms with Gasteiger partial charge in [0.2, 0.25) is 5.95 Å². The SMILES string of the molecule is CCNc1cc(NCC(C)(C)CO)nc(N)n1. The molecule has 0 saturated carbocycles. The Hall–Kier alpha value is -1.56. The molecule has 5 N–H and O–H groups in total. The fourth-order valence-electron chi connectivity index (χ4n) is 1.21. The van der Waals surface area contributed by atoms with Crippen LogP contribution in [-0.4, -0.2) is 34.8 Å². The van der Waals surface area contributed by atoms with E-state index >= 15 is 0 Å². The molecular weight excluding hydrogens is 218 g/mol. The monoisotopic (exact) mass is 239 g/mol. The molecule has 0 saturated heterocycles. The van der Waals surface area contributed by atoms with E-state index in [4.69, 9.17) is 10.8 Å². The van der Waals surface area contributed by atoms with Gasteiger partial charge < -0.3 is 21.5 Å². The Morgan fingerprint density at radius 2 is 1.88 bits per heavy atom. The average Bonchev–Trinajstić information content (AvgIpc) is 2.26. The van der Waals surface area contributed by atoms with Crippen LogP contribution in [0, 0.1) is 5.41 Å². The van der Waals surface area contributed by atoms with Gasteiger partial charge in [-0.1, -0.05) is 13.8 Å². The highest BCUT2D eigenvalue weighted by Crippen LogP contribution is 2.17. The Bertz CT molecular complexity index is 367. The van der Waals surface area contributed by atoms with Gasteiger partial charge >= 0.3 is 0 Å². The Labute approximate surface area is 102 Å². The molecule has 96 valence electrons. The van der Waals surface area contributed by atoms with E-state index in [0.29, 0.717) is 18.2 Å². The Kier molecular flexibility index (Phi) is 4.51. The first-order chi connectivity index (χ1) is 7.96. The Morgan fingerprint density at radius 3 is 2.41 bits per heavy atom. The van der Waals surface area contributed by atoms with E-state index < -0.39 is 0 Å². The fraction of sp³-hybridized carbons (Fsp3) is 0.636. The van der Waals surface area contributed by atoms with Gasteiger partial charge in [-0.2, -0.15) is 9.97 Å². The smallest absolute Gasteiger partial charge is 0.223 e. The minimum absolute atomic E-state index is 0.112. The van der Waals surface area contributed by atoms with Crippen LogP contribution in [-0.2, 0) is 0 Å². The lowest BCUT2D eigenvalue weighted by atomic mass is 9.95. The zero-order chi connectivity index (χ0) is 12.9. The van der Waals surface area contributed by atoms with Gasteiger partial charge in [-0.15, -0.1) is 0 Å². The molecule has 6 nitrogen and oxygen atoms in total. The molecule has 0 aliphatic carbocycles. The van der Waals surface area contributed by atoms with Crippen LogP contribution < -0.4 is 16.4 Å². The molecule has 0 amide bonds. The first kappa shape index (κ1) is 13.5. The van der Waals surface area contributed by atoms with Crippen molar-refractivity contribution in [3.8, 4) is 0 Å². The van der Waals surface area contributed by atoms with Gasteiger partial charge in [0.05, 0.1) is 0 Å². The minimum Gasteiger partial charge on any atom is -0.396 e. The molecule has 0 aromatic carbocycles. The van der Waals surface area contributed by atoms with E-state index in [1.165, 1.54) is 0 Å². The van der Waals surface area contributed by atoms with Crippen molar-refractivity contribution in [2.24, 2.45) is 5.41 Å². The van der Waals surface area contributed by atoms with Crippen molar-refractivity contribution in [2.45, 2.75) is 20.8 Å². The average molecular weight is 239 g/mol. The summed E-state index contributed by atoms with van der Waals surface area (Å²) in [7, 11) is 0. The molecule has 0 spiro atoms. The number of nitrogen functional groups attached to an aromatic ring is 1. The molecule has 17 heavy (non-hydrogen) atoms. The highest BCUT2D eigenvalue weighted by atomic mass is 16.3. The fourth-order valence-corrected chi connectivity index (χ4v) is 1.21. The van der Waals surface area contributed by atoms with Crippen LogP contribution in [0.2, 0.25) is 0 Å². The quantitative estimate of drug-likeness (QED) is 0.589. The number of hydrogen-bond donors (Lipinski definition) is 4. The molecular formula is C11H21N5O. The standard InChI is InChI=1S/C11H21N5O/c1-4-13-8-5-9(16-10(12)15-8)14-6-11(2,3)7-17/h5,17H,4,6-7H2,1-3H3,(H4,12,13,14,15,16). The topological polar surface area (TPSA) is 96.1 Å². The molecule has 6 heteroatoms. The van der Waals surface area contributed by atoms with Gasteiger partial charge in [-0.05, 0) is 6.92 Å². The Morgan fingerprint density at radius 1 is 1.29 bits per heavy atom. The number of rotatable bonds is 6. The summed E-state index contributed by atoms with van der Waals surface area (Å²) in [4.78, 5) is 8.14. The summed E-state index contributed by atoms with van der Waals surface area (Å²) in [6, 6.07) is 1.80. The van der Waals surface area contributed by atoms with Crippen molar-refractivity contribution < 1.29 is 5.11 Å².